The van der Waals surface area contributed by atoms with Crippen LogP contribution in [-0.2, 0) is 22.3 Å². The van der Waals surface area contributed by atoms with Crippen molar-refractivity contribution in [3.05, 3.63) is 35.4 Å². The molecule has 0 aliphatic carbocycles. The van der Waals surface area contributed by atoms with Gasteiger partial charge in [0.05, 0.1) is 5.56 Å². The SMILES string of the molecule is CCC(=O)C(=O)NCc1cccc(C(F)(F)F)c1. The Bertz CT molecular complexity index is 455. The van der Waals surface area contributed by atoms with E-state index in [9.17, 15) is 22.8 Å². The molecule has 0 aliphatic heterocycles. The quantitative estimate of drug-likeness (QED) is 0.843. The van der Waals surface area contributed by atoms with Crippen LogP contribution >= 0.6 is 0 Å². The fourth-order valence-electron chi connectivity index (χ4n) is 1.30. The Morgan fingerprint density at radius 1 is 1.28 bits per heavy atom. The first-order valence-corrected chi connectivity index (χ1v) is 5.31. The molecule has 0 atom stereocenters. The van der Waals surface area contributed by atoms with Crippen molar-refractivity contribution in [2.45, 2.75) is 26.1 Å². The third kappa shape index (κ3) is 3.87. The van der Waals surface area contributed by atoms with Gasteiger partial charge in [0.25, 0.3) is 5.91 Å². The number of nitrogens with one attached hydrogen (secondary N) is 1. The monoisotopic (exact) mass is 259 g/mol. The molecule has 1 aromatic carbocycles. The van der Waals surface area contributed by atoms with Gasteiger partial charge in [0.15, 0.2) is 0 Å². The van der Waals surface area contributed by atoms with Crippen LogP contribution in [0.2, 0.25) is 0 Å². The lowest BCUT2D eigenvalue weighted by Gasteiger charge is -2.09. The molecule has 0 aromatic heterocycles. The van der Waals surface area contributed by atoms with Gasteiger partial charge >= 0.3 is 6.18 Å². The van der Waals surface area contributed by atoms with Gasteiger partial charge in [0.1, 0.15) is 0 Å². The molecule has 1 amide bonds. The van der Waals surface area contributed by atoms with Crippen LogP contribution in [0.15, 0.2) is 24.3 Å². The van der Waals surface area contributed by atoms with E-state index >= 15 is 0 Å². The van der Waals surface area contributed by atoms with E-state index in [1.54, 1.807) is 0 Å². The number of carbonyl (C=O) groups is 2. The Labute approximate surface area is 102 Å². The molecule has 0 bridgehead atoms. The minimum atomic E-state index is -4.42. The summed E-state index contributed by atoms with van der Waals surface area (Å²) in [5.41, 5.74) is -0.488. The zero-order valence-electron chi connectivity index (χ0n) is 9.67. The van der Waals surface area contributed by atoms with E-state index in [1.165, 1.54) is 19.1 Å². The van der Waals surface area contributed by atoms with Gasteiger partial charge in [-0.05, 0) is 17.7 Å². The van der Waals surface area contributed by atoms with Crippen LogP contribution in [0.4, 0.5) is 13.2 Å². The summed E-state index contributed by atoms with van der Waals surface area (Å²) in [6.45, 7) is 1.43. The van der Waals surface area contributed by atoms with Crippen molar-refractivity contribution in [1.29, 1.82) is 0 Å². The van der Waals surface area contributed by atoms with Gasteiger partial charge in [0, 0.05) is 13.0 Å². The van der Waals surface area contributed by atoms with Crippen LogP contribution < -0.4 is 5.32 Å². The third-order valence-electron chi connectivity index (χ3n) is 2.28. The topological polar surface area (TPSA) is 46.2 Å². The largest absolute Gasteiger partial charge is 0.416 e. The average Bonchev–Trinajstić information content (AvgIpc) is 2.34. The molecule has 0 radical (unpaired) electrons. The van der Waals surface area contributed by atoms with E-state index in [0.29, 0.717) is 5.56 Å². The second-order valence-electron chi connectivity index (χ2n) is 3.66. The predicted octanol–water partition coefficient (Wildman–Crippen LogP) is 2.30. The van der Waals surface area contributed by atoms with E-state index in [-0.39, 0.29) is 13.0 Å². The highest BCUT2D eigenvalue weighted by atomic mass is 19.4. The van der Waals surface area contributed by atoms with Crippen molar-refractivity contribution < 1.29 is 22.8 Å². The maximum absolute atomic E-state index is 12.4. The fourth-order valence-corrected chi connectivity index (χ4v) is 1.30. The molecule has 0 spiro atoms. The van der Waals surface area contributed by atoms with Crippen molar-refractivity contribution >= 4 is 11.7 Å². The summed E-state index contributed by atoms with van der Waals surface area (Å²) in [6.07, 6.45) is -4.35. The molecular weight excluding hydrogens is 247 g/mol. The standard InChI is InChI=1S/C12H12F3NO2/c1-2-10(17)11(18)16-7-8-4-3-5-9(6-8)12(13,14)15/h3-6H,2,7H2,1H3,(H,16,18). The maximum atomic E-state index is 12.4. The summed E-state index contributed by atoms with van der Waals surface area (Å²) in [4.78, 5) is 22.1. The lowest BCUT2D eigenvalue weighted by atomic mass is 10.1. The normalized spacial score (nSPS) is 11.1. The van der Waals surface area contributed by atoms with Gasteiger partial charge in [-0.15, -0.1) is 0 Å². The lowest BCUT2D eigenvalue weighted by Crippen LogP contribution is -2.30. The van der Waals surface area contributed by atoms with Crippen LogP contribution in [0.25, 0.3) is 0 Å². The van der Waals surface area contributed by atoms with Crippen LogP contribution in [0.3, 0.4) is 0 Å². The summed E-state index contributed by atoms with van der Waals surface area (Å²) in [6, 6.07) is 4.59. The first-order chi connectivity index (χ1) is 8.34. The minimum absolute atomic E-state index is 0.0639. The van der Waals surface area contributed by atoms with Gasteiger partial charge in [-0.3, -0.25) is 9.59 Å². The van der Waals surface area contributed by atoms with E-state index in [0.717, 1.165) is 12.1 Å². The summed E-state index contributed by atoms with van der Waals surface area (Å²) >= 11 is 0. The highest BCUT2D eigenvalue weighted by Crippen LogP contribution is 2.29. The van der Waals surface area contributed by atoms with E-state index in [4.69, 9.17) is 0 Å². The zero-order chi connectivity index (χ0) is 13.8. The number of Topliss-reactive ketones (excluding diaryl/α,β-unsaturated/α-hetero) is 1. The van der Waals surface area contributed by atoms with Gasteiger partial charge in [-0.25, -0.2) is 0 Å². The van der Waals surface area contributed by atoms with E-state index in [1.807, 2.05) is 0 Å². The van der Waals surface area contributed by atoms with Crippen molar-refractivity contribution in [2.75, 3.05) is 0 Å². The van der Waals surface area contributed by atoms with Crippen molar-refractivity contribution in [3.8, 4) is 0 Å². The van der Waals surface area contributed by atoms with E-state index in [2.05, 4.69) is 5.32 Å². The molecule has 1 rings (SSSR count). The number of benzene rings is 1. The summed E-state index contributed by atoms with van der Waals surface area (Å²) in [5, 5.41) is 2.27. The molecule has 0 aliphatic rings. The highest BCUT2D eigenvalue weighted by molar-refractivity contribution is 6.35. The molecule has 0 unspecified atom stereocenters. The Balaban J connectivity index is 2.69. The average molecular weight is 259 g/mol. The smallest absolute Gasteiger partial charge is 0.345 e. The van der Waals surface area contributed by atoms with Crippen LogP contribution in [0.5, 0.6) is 0 Å². The summed E-state index contributed by atoms with van der Waals surface area (Å²) in [5.74, 6) is -1.38. The molecule has 0 fully saturated rings. The highest BCUT2D eigenvalue weighted by Gasteiger charge is 2.30. The second-order valence-corrected chi connectivity index (χ2v) is 3.66. The zero-order valence-corrected chi connectivity index (χ0v) is 9.67. The van der Waals surface area contributed by atoms with Crippen LogP contribution in [-0.4, -0.2) is 11.7 Å². The number of rotatable bonds is 4. The molecule has 6 heteroatoms. The Hall–Kier alpha value is -1.85. The lowest BCUT2D eigenvalue weighted by molar-refractivity contribution is -0.138. The number of amides is 1. The number of halogens is 3. The molecule has 1 aromatic rings. The fraction of sp³-hybridized carbons (Fsp3) is 0.333. The van der Waals surface area contributed by atoms with Gasteiger partial charge in [-0.2, -0.15) is 13.2 Å². The minimum Gasteiger partial charge on any atom is -0.345 e. The first-order valence-electron chi connectivity index (χ1n) is 5.31. The molecule has 0 saturated carbocycles. The molecule has 18 heavy (non-hydrogen) atoms. The Morgan fingerprint density at radius 2 is 1.94 bits per heavy atom. The second kappa shape index (κ2) is 5.66. The van der Waals surface area contributed by atoms with Crippen molar-refractivity contribution in [3.63, 3.8) is 0 Å². The van der Waals surface area contributed by atoms with Crippen molar-refractivity contribution in [1.82, 2.24) is 5.32 Å². The number of ketones is 1. The maximum Gasteiger partial charge on any atom is 0.416 e. The third-order valence-corrected chi connectivity index (χ3v) is 2.28. The number of alkyl halides is 3. The summed E-state index contributed by atoms with van der Waals surface area (Å²) in [7, 11) is 0. The van der Waals surface area contributed by atoms with Gasteiger partial charge < -0.3 is 5.32 Å². The van der Waals surface area contributed by atoms with Gasteiger partial charge in [-0.1, -0.05) is 19.1 Å². The molecule has 1 N–H and O–H groups in total. The summed E-state index contributed by atoms with van der Waals surface area (Å²) < 4.78 is 37.2. The molecule has 98 valence electrons. The number of hydrogen-bond donors (Lipinski definition) is 1. The van der Waals surface area contributed by atoms with Crippen LogP contribution in [0.1, 0.15) is 24.5 Å². The first kappa shape index (κ1) is 14.2. The van der Waals surface area contributed by atoms with E-state index < -0.39 is 23.4 Å². The van der Waals surface area contributed by atoms with Gasteiger partial charge in [0.2, 0.25) is 5.78 Å². The molecule has 0 saturated heterocycles. The Morgan fingerprint density at radius 3 is 2.50 bits per heavy atom. The predicted molar refractivity (Wildman–Crippen MR) is 58.6 cm³/mol. The number of carbonyl (C=O) groups excluding carboxylic acids is 2. The molecule has 0 heterocycles. The molecule has 3 nitrogen and oxygen atoms in total. The van der Waals surface area contributed by atoms with Crippen LogP contribution in [0, 0.1) is 0 Å². The molecular formula is C12H12F3NO2. The van der Waals surface area contributed by atoms with Crippen molar-refractivity contribution in [2.24, 2.45) is 0 Å². The Kier molecular flexibility index (Phi) is 4.47. The number of hydrogen-bond acceptors (Lipinski definition) is 2.